The summed E-state index contributed by atoms with van der Waals surface area (Å²) in [5.41, 5.74) is -1.16. The summed E-state index contributed by atoms with van der Waals surface area (Å²) in [6, 6.07) is 5.86. The van der Waals surface area contributed by atoms with Crippen molar-refractivity contribution < 1.29 is 29.1 Å². The number of pyridine rings is 1. The fraction of sp³-hybridized carbons (Fsp3) is 0.522. The first-order valence-corrected chi connectivity index (χ1v) is 10.8. The molecule has 2 rings (SSSR count). The van der Waals surface area contributed by atoms with E-state index in [0.29, 0.717) is 5.69 Å². The lowest BCUT2D eigenvalue weighted by Gasteiger charge is -2.31. The van der Waals surface area contributed by atoms with E-state index in [4.69, 9.17) is 9.47 Å². The Bertz CT molecular complexity index is 1040. The number of fused-ring (bicyclic) bond motifs is 1. The fourth-order valence-electron chi connectivity index (χ4n) is 3.11. The third kappa shape index (κ3) is 7.27. The molecule has 0 aliphatic carbocycles. The maximum absolute atomic E-state index is 13.1. The predicted molar refractivity (Wildman–Crippen MR) is 127 cm³/mol. The molecule has 0 saturated heterocycles. The molecule has 186 valence electrons. The highest BCUT2D eigenvalue weighted by atomic mass is 16.6. The summed E-state index contributed by atoms with van der Waals surface area (Å²) in [7, 11) is 0. The number of anilines is 1. The molecule has 0 aliphatic rings. The average molecular weight is 477 g/mol. The van der Waals surface area contributed by atoms with E-state index in [1.807, 2.05) is 0 Å². The standard InChI is InChI=1S/C23H32N4O7/c1-22(2,3)33-20(29)25(14-15-28)12-13-26(21(30)34-23(4,5)6)18-10-9-17(27(31)32)16-8-7-11-24-19(16)18/h7-11,28H,12-15H2,1-6H3. The highest BCUT2D eigenvalue weighted by Gasteiger charge is 2.29. The number of aliphatic hydroxyl groups excluding tert-OH is 1. The molecule has 0 saturated carbocycles. The summed E-state index contributed by atoms with van der Waals surface area (Å²) in [6.45, 7) is 10.0. The molecule has 1 N–H and O–H groups in total. The van der Waals surface area contributed by atoms with Gasteiger partial charge < -0.3 is 19.5 Å². The average Bonchev–Trinajstić information content (AvgIpc) is 2.70. The molecule has 11 nitrogen and oxygen atoms in total. The molecular weight excluding hydrogens is 444 g/mol. The van der Waals surface area contributed by atoms with Gasteiger partial charge in [-0.3, -0.25) is 20.0 Å². The summed E-state index contributed by atoms with van der Waals surface area (Å²) in [6.07, 6.45) is 0.125. The van der Waals surface area contributed by atoms with Crippen molar-refractivity contribution in [1.82, 2.24) is 9.88 Å². The molecule has 2 aromatic rings. The monoisotopic (exact) mass is 476 g/mol. The molecule has 0 spiro atoms. The van der Waals surface area contributed by atoms with E-state index >= 15 is 0 Å². The van der Waals surface area contributed by atoms with Gasteiger partial charge in [0.2, 0.25) is 0 Å². The summed E-state index contributed by atoms with van der Waals surface area (Å²) in [5, 5.41) is 21.2. The van der Waals surface area contributed by atoms with Gasteiger partial charge in [0, 0.05) is 31.9 Å². The molecular formula is C23H32N4O7. The molecule has 1 aromatic heterocycles. The smallest absolute Gasteiger partial charge is 0.414 e. The van der Waals surface area contributed by atoms with Gasteiger partial charge in [-0.25, -0.2) is 9.59 Å². The van der Waals surface area contributed by atoms with Crippen LogP contribution in [0.3, 0.4) is 0 Å². The lowest BCUT2D eigenvalue weighted by molar-refractivity contribution is -0.383. The van der Waals surface area contributed by atoms with E-state index in [1.54, 1.807) is 53.7 Å². The van der Waals surface area contributed by atoms with Crippen LogP contribution in [0.1, 0.15) is 41.5 Å². The second kappa shape index (κ2) is 10.6. The van der Waals surface area contributed by atoms with Crippen LogP contribution < -0.4 is 4.90 Å². The fourth-order valence-corrected chi connectivity index (χ4v) is 3.11. The first-order valence-electron chi connectivity index (χ1n) is 10.8. The lowest BCUT2D eigenvalue weighted by atomic mass is 10.1. The van der Waals surface area contributed by atoms with Crippen LogP contribution in [0.4, 0.5) is 21.0 Å². The first kappa shape index (κ1) is 26.8. The van der Waals surface area contributed by atoms with Crippen molar-refractivity contribution >= 4 is 34.5 Å². The number of amides is 2. The van der Waals surface area contributed by atoms with Gasteiger partial charge in [-0.1, -0.05) is 0 Å². The topological polar surface area (TPSA) is 135 Å². The SMILES string of the molecule is CC(C)(C)OC(=O)N(CCO)CCN(C(=O)OC(C)(C)C)c1ccc([N+](=O)[O-])c2cccnc12. The Balaban J connectivity index is 2.47. The molecule has 11 heteroatoms. The van der Waals surface area contributed by atoms with Gasteiger partial charge in [-0.15, -0.1) is 0 Å². The number of ether oxygens (including phenoxy) is 2. The third-order valence-corrected chi connectivity index (χ3v) is 4.44. The number of aliphatic hydroxyl groups is 1. The van der Waals surface area contributed by atoms with Crippen molar-refractivity contribution in [3.63, 3.8) is 0 Å². The Morgan fingerprint density at radius 1 is 1.00 bits per heavy atom. The number of hydrogen-bond donors (Lipinski definition) is 1. The van der Waals surface area contributed by atoms with Crippen LogP contribution in [0, 0.1) is 10.1 Å². The molecule has 0 atom stereocenters. The number of non-ortho nitro benzene ring substituents is 1. The molecule has 34 heavy (non-hydrogen) atoms. The Labute approximate surface area is 198 Å². The highest BCUT2D eigenvalue weighted by molar-refractivity contribution is 6.03. The van der Waals surface area contributed by atoms with E-state index < -0.39 is 28.3 Å². The van der Waals surface area contributed by atoms with Crippen molar-refractivity contribution in [3.8, 4) is 0 Å². The Hall–Kier alpha value is -3.47. The van der Waals surface area contributed by atoms with Gasteiger partial charge in [-0.2, -0.15) is 0 Å². The number of nitro groups is 1. The van der Waals surface area contributed by atoms with E-state index in [1.165, 1.54) is 28.1 Å². The summed E-state index contributed by atoms with van der Waals surface area (Å²) in [5.74, 6) is 0. The maximum Gasteiger partial charge on any atom is 0.414 e. The number of nitrogens with zero attached hydrogens (tertiary/aromatic N) is 4. The minimum atomic E-state index is -0.810. The largest absolute Gasteiger partial charge is 0.444 e. The maximum atomic E-state index is 13.1. The van der Waals surface area contributed by atoms with Crippen LogP contribution >= 0.6 is 0 Å². The second-order valence-corrected chi connectivity index (χ2v) is 9.58. The quantitative estimate of drug-likeness (QED) is 0.466. The van der Waals surface area contributed by atoms with Crippen molar-refractivity contribution in [1.29, 1.82) is 0 Å². The molecule has 0 fully saturated rings. The zero-order valence-corrected chi connectivity index (χ0v) is 20.4. The van der Waals surface area contributed by atoms with Gasteiger partial charge in [0.15, 0.2) is 0 Å². The number of carbonyl (C=O) groups is 2. The summed E-state index contributed by atoms with van der Waals surface area (Å²) >= 11 is 0. The number of hydrogen-bond acceptors (Lipinski definition) is 8. The second-order valence-electron chi connectivity index (χ2n) is 9.58. The van der Waals surface area contributed by atoms with E-state index in [0.717, 1.165) is 0 Å². The number of benzene rings is 1. The first-order chi connectivity index (χ1) is 15.7. The zero-order valence-electron chi connectivity index (χ0n) is 20.4. The van der Waals surface area contributed by atoms with Crippen LogP contribution in [0.2, 0.25) is 0 Å². The summed E-state index contributed by atoms with van der Waals surface area (Å²) in [4.78, 5) is 43.5. The van der Waals surface area contributed by atoms with Gasteiger partial charge >= 0.3 is 12.2 Å². The Kier molecular flexibility index (Phi) is 8.38. The molecule has 0 bridgehead atoms. The minimum absolute atomic E-state index is 0.00364. The van der Waals surface area contributed by atoms with Crippen molar-refractivity contribution in [2.24, 2.45) is 0 Å². The number of rotatable bonds is 7. The Morgan fingerprint density at radius 3 is 2.18 bits per heavy atom. The van der Waals surface area contributed by atoms with Crippen LogP contribution in [0.25, 0.3) is 10.9 Å². The predicted octanol–water partition coefficient (Wildman–Crippen LogP) is 4.11. The van der Waals surface area contributed by atoms with E-state index in [9.17, 15) is 24.8 Å². The lowest BCUT2D eigenvalue weighted by Crippen LogP contribution is -2.45. The number of aromatic nitrogens is 1. The van der Waals surface area contributed by atoms with E-state index in [2.05, 4.69) is 4.98 Å². The molecule has 1 aromatic carbocycles. The van der Waals surface area contributed by atoms with Crippen molar-refractivity contribution in [2.75, 3.05) is 31.1 Å². The molecule has 0 aliphatic heterocycles. The molecule has 1 heterocycles. The zero-order chi connectivity index (χ0) is 25.7. The summed E-state index contributed by atoms with van der Waals surface area (Å²) < 4.78 is 11.0. The van der Waals surface area contributed by atoms with Crippen LogP contribution in [0.15, 0.2) is 30.5 Å². The van der Waals surface area contributed by atoms with Gasteiger partial charge in [0.1, 0.15) is 16.7 Å². The minimum Gasteiger partial charge on any atom is -0.444 e. The van der Waals surface area contributed by atoms with Crippen LogP contribution in [-0.4, -0.2) is 69.5 Å². The Morgan fingerprint density at radius 2 is 1.62 bits per heavy atom. The molecule has 2 amide bonds. The van der Waals surface area contributed by atoms with Gasteiger partial charge in [0.05, 0.1) is 22.6 Å². The number of carbonyl (C=O) groups excluding carboxylic acids is 2. The molecule has 0 unspecified atom stereocenters. The van der Waals surface area contributed by atoms with E-state index in [-0.39, 0.29) is 42.8 Å². The van der Waals surface area contributed by atoms with Crippen molar-refractivity contribution in [2.45, 2.75) is 52.7 Å². The number of nitro benzene ring substituents is 1. The van der Waals surface area contributed by atoms with Crippen LogP contribution in [0.5, 0.6) is 0 Å². The van der Waals surface area contributed by atoms with Crippen molar-refractivity contribution in [3.05, 3.63) is 40.6 Å². The molecule has 0 radical (unpaired) electrons. The third-order valence-electron chi connectivity index (χ3n) is 4.44. The normalized spacial score (nSPS) is 11.7. The van der Waals surface area contributed by atoms with Gasteiger partial charge in [0.25, 0.3) is 5.69 Å². The highest BCUT2D eigenvalue weighted by Crippen LogP contribution is 2.32. The van der Waals surface area contributed by atoms with Gasteiger partial charge in [-0.05, 0) is 59.7 Å². The van der Waals surface area contributed by atoms with Crippen LogP contribution in [-0.2, 0) is 9.47 Å².